The van der Waals surface area contributed by atoms with Crippen molar-refractivity contribution in [2.75, 3.05) is 0 Å². The molecule has 0 saturated heterocycles. The predicted octanol–water partition coefficient (Wildman–Crippen LogP) is 7.34. The summed E-state index contributed by atoms with van der Waals surface area (Å²) in [6.45, 7) is 12.9. The van der Waals surface area contributed by atoms with Gasteiger partial charge in [0.2, 0.25) is 8.32 Å². The molecule has 0 aliphatic heterocycles. The van der Waals surface area contributed by atoms with Gasteiger partial charge in [-0.05, 0) is 32.0 Å². The third-order valence-electron chi connectivity index (χ3n) is 4.69. The standard InChI is InChI=1S/C21H44O2Si/c1-7-8-9-10-11-12-13-14-16-19(2)17-15-18-20(3)21(22)23-24(4,5)6/h19-20H,7-18H2,1-6H3. The van der Waals surface area contributed by atoms with Crippen LogP contribution in [0, 0.1) is 11.8 Å². The highest BCUT2D eigenvalue weighted by Gasteiger charge is 2.23. The molecule has 0 aliphatic carbocycles. The van der Waals surface area contributed by atoms with E-state index in [0.717, 1.165) is 18.8 Å². The molecule has 24 heavy (non-hydrogen) atoms. The summed E-state index contributed by atoms with van der Waals surface area (Å²) in [5.74, 6) is 0.877. The van der Waals surface area contributed by atoms with Crippen LogP contribution in [0.1, 0.15) is 97.8 Å². The van der Waals surface area contributed by atoms with Gasteiger partial charge in [0, 0.05) is 0 Å². The van der Waals surface area contributed by atoms with Crippen LogP contribution < -0.4 is 0 Å². The van der Waals surface area contributed by atoms with Crippen molar-refractivity contribution in [3.05, 3.63) is 0 Å². The largest absolute Gasteiger partial charge is 0.520 e. The first-order valence-corrected chi connectivity index (χ1v) is 13.9. The maximum atomic E-state index is 12.0. The molecular weight excluding hydrogens is 312 g/mol. The molecule has 0 amide bonds. The lowest BCUT2D eigenvalue weighted by Crippen LogP contribution is -2.32. The summed E-state index contributed by atoms with van der Waals surface area (Å²) in [6, 6.07) is 0. The number of carbonyl (C=O) groups excluding carboxylic acids is 1. The summed E-state index contributed by atoms with van der Waals surface area (Å²) in [4.78, 5) is 12.0. The van der Waals surface area contributed by atoms with Crippen LogP contribution in [0.4, 0.5) is 0 Å². The minimum atomic E-state index is -1.73. The molecule has 144 valence electrons. The van der Waals surface area contributed by atoms with E-state index >= 15 is 0 Å². The second-order valence-corrected chi connectivity index (χ2v) is 13.2. The maximum Gasteiger partial charge on any atom is 0.295 e. The third-order valence-corrected chi connectivity index (χ3v) is 5.51. The Morgan fingerprint density at radius 3 is 1.83 bits per heavy atom. The Labute approximate surface area is 153 Å². The zero-order valence-corrected chi connectivity index (χ0v) is 18.5. The molecule has 0 heterocycles. The first kappa shape index (κ1) is 23.7. The quantitative estimate of drug-likeness (QED) is 0.227. The number of unbranched alkanes of at least 4 members (excludes halogenated alkanes) is 7. The van der Waals surface area contributed by atoms with Gasteiger partial charge in [0.15, 0.2) is 0 Å². The first-order valence-electron chi connectivity index (χ1n) is 10.5. The molecule has 0 saturated carbocycles. The van der Waals surface area contributed by atoms with Gasteiger partial charge in [-0.25, -0.2) is 0 Å². The van der Waals surface area contributed by atoms with Crippen molar-refractivity contribution in [1.29, 1.82) is 0 Å². The summed E-state index contributed by atoms with van der Waals surface area (Å²) >= 11 is 0. The zero-order valence-electron chi connectivity index (χ0n) is 17.5. The average Bonchev–Trinajstić information content (AvgIpc) is 2.48. The van der Waals surface area contributed by atoms with Crippen LogP contribution in [0.25, 0.3) is 0 Å². The highest BCUT2D eigenvalue weighted by atomic mass is 28.4. The van der Waals surface area contributed by atoms with Crippen molar-refractivity contribution < 1.29 is 9.22 Å². The van der Waals surface area contributed by atoms with Gasteiger partial charge in [0.1, 0.15) is 0 Å². The second kappa shape index (κ2) is 13.9. The minimum Gasteiger partial charge on any atom is -0.520 e. The highest BCUT2D eigenvalue weighted by molar-refractivity contribution is 6.71. The minimum absolute atomic E-state index is 0.0184. The Kier molecular flexibility index (Phi) is 13.7. The molecule has 2 unspecified atom stereocenters. The normalized spacial score (nSPS) is 14.4. The first-order chi connectivity index (χ1) is 11.3. The Morgan fingerprint density at radius 1 is 0.792 bits per heavy atom. The zero-order chi connectivity index (χ0) is 18.4. The van der Waals surface area contributed by atoms with Gasteiger partial charge in [0.25, 0.3) is 5.97 Å². The summed E-state index contributed by atoms with van der Waals surface area (Å²) in [5, 5.41) is 0. The SMILES string of the molecule is CCCCCCCCCCC(C)CCCC(C)C(=O)O[Si](C)(C)C. The van der Waals surface area contributed by atoms with E-state index in [0.29, 0.717) is 0 Å². The number of hydrogen-bond acceptors (Lipinski definition) is 2. The lowest BCUT2D eigenvalue weighted by Gasteiger charge is -2.21. The number of carbonyl (C=O) groups is 1. The topological polar surface area (TPSA) is 26.3 Å². The molecule has 0 spiro atoms. The Hall–Kier alpha value is -0.313. The predicted molar refractivity (Wildman–Crippen MR) is 109 cm³/mol. The van der Waals surface area contributed by atoms with Crippen LogP contribution in [0.3, 0.4) is 0 Å². The smallest absolute Gasteiger partial charge is 0.295 e. The fourth-order valence-electron chi connectivity index (χ4n) is 3.06. The fraction of sp³-hybridized carbons (Fsp3) is 0.952. The lowest BCUT2D eigenvalue weighted by molar-refractivity contribution is -0.139. The average molecular weight is 357 g/mol. The fourth-order valence-corrected chi connectivity index (χ4v) is 3.87. The summed E-state index contributed by atoms with van der Waals surface area (Å²) in [5.41, 5.74) is 0. The molecular formula is C21H44O2Si. The van der Waals surface area contributed by atoms with Gasteiger partial charge in [-0.2, -0.15) is 0 Å². The van der Waals surface area contributed by atoms with Crippen LogP contribution in [0.15, 0.2) is 0 Å². The molecule has 0 aliphatic rings. The van der Waals surface area contributed by atoms with E-state index in [2.05, 4.69) is 33.5 Å². The van der Waals surface area contributed by atoms with E-state index in [1.807, 2.05) is 6.92 Å². The van der Waals surface area contributed by atoms with Crippen LogP contribution in [-0.4, -0.2) is 14.3 Å². The van der Waals surface area contributed by atoms with Crippen molar-refractivity contribution in [3.63, 3.8) is 0 Å². The summed E-state index contributed by atoms with van der Waals surface area (Å²) in [6.07, 6.45) is 15.9. The molecule has 0 bridgehead atoms. The van der Waals surface area contributed by atoms with E-state index in [-0.39, 0.29) is 11.9 Å². The molecule has 0 N–H and O–H groups in total. The second-order valence-electron chi connectivity index (χ2n) is 8.73. The van der Waals surface area contributed by atoms with Crippen molar-refractivity contribution in [1.82, 2.24) is 0 Å². The van der Waals surface area contributed by atoms with E-state index in [4.69, 9.17) is 4.43 Å². The van der Waals surface area contributed by atoms with Gasteiger partial charge in [-0.1, -0.05) is 91.4 Å². The van der Waals surface area contributed by atoms with Crippen molar-refractivity contribution in [3.8, 4) is 0 Å². The molecule has 2 atom stereocenters. The van der Waals surface area contributed by atoms with Gasteiger partial charge in [0.05, 0.1) is 5.92 Å². The van der Waals surface area contributed by atoms with Crippen LogP contribution >= 0.6 is 0 Å². The maximum absolute atomic E-state index is 12.0. The highest BCUT2D eigenvalue weighted by Crippen LogP contribution is 2.20. The molecule has 3 heteroatoms. The molecule has 0 aromatic carbocycles. The van der Waals surface area contributed by atoms with Crippen LogP contribution in [0.5, 0.6) is 0 Å². The summed E-state index contributed by atoms with van der Waals surface area (Å²) < 4.78 is 5.58. The lowest BCUT2D eigenvalue weighted by atomic mass is 9.94. The van der Waals surface area contributed by atoms with E-state index in [1.54, 1.807) is 0 Å². The monoisotopic (exact) mass is 356 g/mol. The van der Waals surface area contributed by atoms with Crippen LogP contribution in [0.2, 0.25) is 19.6 Å². The molecule has 0 aromatic rings. The van der Waals surface area contributed by atoms with Crippen molar-refractivity contribution >= 4 is 14.3 Å². The van der Waals surface area contributed by atoms with Gasteiger partial charge in [-0.15, -0.1) is 0 Å². The molecule has 0 radical (unpaired) electrons. The van der Waals surface area contributed by atoms with Gasteiger partial charge in [-0.3, -0.25) is 4.79 Å². The Bertz CT molecular complexity index is 309. The molecule has 0 fully saturated rings. The number of hydrogen-bond donors (Lipinski definition) is 0. The van der Waals surface area contributed by atoms with E-state index in [9.17, 15) is 4.79 Å². The molecule has 0 aromatic heterocycles. The van der Waals surface area contributed by atoms with Crippen molar-refractivity contribution in [2.24, 2.45) is 11.8 Å². The summed E-state index contributed by atoms with van der Waals surface area (Å²) in [7, 11) is -1.73. The van der Waals surface area contributed by atoms with Gasteiger partial charge < -0.3 is 4.43 Å². The Morgan fingerprint density at radius 2 is 1.29 bits per heavy atom. The van der Waals surface area contributed by atoms with E-state index in [1.165, 1.54) is 64.2 Å². The number of rotatable bonds is 15. The molecule has 0 rings (SSSR count). The van der Waals surface area contributed by atoms with Crippen molar-refractivity contribution in [2.45, 2.75) is 117 Å². The van der Waals surface area contributed by atoms with Gasteiger partial charge >= 0.3 is 0 Å². The molecule has 2 nitrogen and oxygen atoms in total. The van der Waals surface area contributed by atoms with E-state index < -0.39 is 8.32 Å². The third kappa shape index (κ3) is 15.2. The van der Waals surface area contributed by atoms with Crippen LogP contribution in [-0.2, 0) is 9.22 Å². The Balaban J connectivity index is 3.55.